The van der Waals surface area contributed by atoms with Crippen molar-refractivity contribution >= 4 is 11.9 Å². The number of aliphatic carboxylic acids is 1. The minimum absolute atomic E-state index is 0.102. The lowest BCUT2D eigenvalue weighted by Crippen LogP contribution is -2.20. The Kier molecular flexibility index (Phi) is 6.36. The van der Waals surface area contributed by atoms with E-state index in [-0.39, 0.29) is 13.0 Å². The zero-order valence-electron chi connectivity index (χ0n) is 12.9. The number of hydrogen-bond acceptors (Lipinski definition) is 3. The summed E-state index contributed by atoms with van der Waals surface area (Å²) in [6, 6.07) is 19.0. The summed E-state index contributed by atoms with van der Waals surface area (Å²) in [6.07, 6.45) is 0.943. The molecule has 4 nitrogen and oxygen atoms in total. The van der Waals surface area contributed by atoms with Gasteiger partial charge in [0.15, 0.2) is 0 Å². The number of benzene rings is 2. The lowest BCUT2D eigenvalue weighted by atomic mass is 9.96. The van der Waals surface area contributed by atoms with Crippen LogP contribution in [0.15, 0.2) is 60.7 Å². The molecule has 0 saturated carbocycles. The van der Waals surface area contributed by atoms with Crippen molar-refractivity contribution in [1.82, 2.24) is 0 Å². The van der Waals surface area contributed by atoms with Crippen molar-refractivity contribution in [3.63, 3.8) is 0 Å². The highest BCUT2D eigenvalue weighted by Crippen LogP contribution is 2.15. The van der Waals surface area contributed by atoms with Gasteiger partial charge >= 0.3 is 11.9 Å². The Morgan fingerprint density at radius 1 is 0.913 bits per heavy atom. The minimum Gasteiger partial charge on any atom is -0.481 e. The Balaban J connectivity index is 1.81. The third-order valence-electron chi connectivity index (χ3n) is 3.63. The van der Waals surface area contributed by atoms with E-state index in [4.69, 9.17) is 4.74 Å². The molecule has 0 aliphatic heterocycles. The summed E-state index contributed by atoms with van der Waals surface area (Å²) in [5.41, 5.74) is 1.95. The minimum atomic E-state index is -0.961. The van der Waals surface area contributed by atoms with Crippen molar-refractivity contribution in [1.29, 1.82) is 0 Å². The second-order valence-electron chi connectivity index (χ2n) is 5.41. The Bertz CT molecular complexity index is 622. The molecular formula is C19H20O4. The van der Waals surface area contributed by atoms with E-state index < -0.39 is 17.9 Å². The van der Waals surface area contributed by atoms with Gasteiger partial charge in [0.2, 0.25) is 0 Å². The summed E-state index contributed by atoms with van der Waals surface area (Å²) in [5, 5.41) is 9.28. The molecule has 120 valence electrons. The van der Waals surface area contributed by atoms with Crippen LogP contribution in [0.3, 0.4) is 0 Å². The fourth-order valence-electron chi connectivity index (χ4n) is 2.30. The highest BCUT2D eigenvalue weighted by atomic mass is 16.5. The summed E-state index contributed by atoms with van der Waals surface area (Å²) < 4.78 is 5.16. The van der Waals surface area contributed by atoms with E-state index in [1.54, 1.807) is 0 Å². The molecule has 0 aliphatic rings. The third kappa shape index (κ3) is 5.94. The zero-order chi connectivity index (χ0) is 16.5. The van der Waals surface area contributed by atoms with Gasteiger partial charge in [-0.15, -0.1) is 0 Å². The second-order valence-corrected chi connectivity index (χ2v) is 5.41. The summed E-state index contributed by atoms with van der Waals surface area (Å²) in [6.45, 7) is 0.171. The molecule has 0 bridgehead atoms. The number of ether oxygens (including phenoxy) is 1. The summed E-state index contributed by atoms with van der Waals surface area (Å²) >= 11 is 0. The molecule has 4 heteroatoms. The maximum absolute atomic E-state index is 11.9. The van der Waals surface area contributed by atoms with E-state index in [1.165, 1.54) is 0 Å². The van der Waals surface area contributed by atoms with Crippen LogP contribution in [0.4, 0.5) is 0 Å². The maximum Gasteiger partial charge on any atom is 0.307 e. The molecule has 0 amide bonds. The summed E-state index contributed by atoms with van der Waals surface area (Å²) in [5.74, 6) is -2.16. The Labute approximate surface area is 135 Å². The first-order valence-electron chi connectivity index (χ1n) is 7.61. The van der Waals surface area contributed by atoms with Gasteiger partial charge in [-0.25, -0.2) is 0 Å². The van der Waals surface area contributed by atoms with Crippen LogP contribution in [0.25, 0.3) is 0 Å². The van der Waals surface area contributed by atoms with Crippen molar-refractivity contribution in [2.45, 2.75) is 25.9 Å². The number of hydrogen-bond donors (Lipinski definition) is 1. The molecule has 2 aromatic rings. The first-order valence-corrected chi connectivity index (χ1v) is 7.61. The number of rotatable bonds is 8. The smallest absolute Gasteiger partial charge is 0.307 e. The largest absolute Gasteiger partial charge is 0.481 e. The summed E-state index contributed by atoms with van der Waals surface area (Å²) in [7, 11) is 0. The molecule has 0 radical (unpaired) electrons. The van der Waals surface area contributed by atoms with Gasteiger partial charge in [0.25, 0.3) is 0 Å². The first-order chi connectivity index (χ1) is 11.1. The van der Waals surface area contributed by atoms with Crippen molar-refractivity contribution in [3.8, 4) is 0 Å². The number of carbonyl (C=O) groups excluding carboxylic acids is 1. The zero-order valence-corrected chi connectivity index (χ0v) is 12.9. The van der Waals surface area contributed by atoms with Gasteiger partial charge in [0.1, 0.15) is 6.61 Å². The molecule has 1 atom stereocenters. The van der Waals surface area contributed by atoms with Crippen molar-refractivity contribution in [2.75, 3.05) is 0 Å². The monoisotopic (exact) mass is 312 g/mol. The van der Waals surface area contributed by atoms with Gasteiger partial charge in [-0.05, 0) is 24.0 Å². The molecule has 0 spiro atoms. The topological polar surface area (TPSA) is 63.6 Å². The van der Waals surface area contributed by atoms with E-state index in [1.807, 2.05) is 60.7 Å². The van der Waals surface area contributed by atoms with Crippen LogP contribution in [0.2, 0.25) is 0 Å². The van der Waals surface area contributed by atoms with Crippen molar-refractivity contribution < 1.29 is 19.4 Å². The standard InChI is InChI=1S/C19H20O4/c20-18(23-14-16-9-5-2-6-10-16)13-17(19(21)22)12-11-15-7-3-1-4-8-15/h1-10,17H,11-14H2,(H,21,22)/t17-/m1/s1. The third-order valence-corrected chi connectivity index (χ3v) is 3.63. The molecule has 0 aromatic heterocycles. The van der Waals surface area contributed by atoms with Crippen LogP contribution in [0.1, 0.15) is 24.0 Å². The van der Waals surface area contributed by atoms with Gasteiger partial charge < -0.3 is 9.84 Å². The number of esters is 1. The molecule has 0 fully saturated rings. The van der Waals surface area contributed by atoms with E-state index >= 15 is 0 Å². The Morgan fingerprint density at radius 3 is 2.04 bits per heavy atom. The molecular weight excluding hydrogens is 292 g/mol. The number of carboxylic acid groups (broad SMARTS) is 1. The van der Waals surface area contributed by atoms with E-state index in [0.29, 0.717) is 12.8 Å². The van der Waals surface area contributed by atoms with Crippen LogP contribution < -0.4 is 0 Å². The average Bonchev–Trinajstić information content (AvgIpc) is 2.58. The fourth-order valence-corrected chi connectivity index (χ4v) is 2.30. The fraction of sp³-hybridized carbons (Fsp3) is 0.263. The normalized spacial score (nSPS) is 11.7. The van der Waals surface area contributed by atoms with Gasteiger partial charge in [0.05, 0.1) is 12.3 Å². The van der Waals surface area contributed by atoms with E-state index in [2.05, 4.69) is 0 Å². The predicted molar refractivity (Wildman–Crippen MR) is 86.7 cm³/mol. The van der Waals surface area contributed by atoms with Crippen molar-refractivity contribution in [3.05, 3.63) is 71.8 Å². The lowest BCUT2D eigenvalue weighted by Gasteiger charge is -2.12. The number of carboxylic acids is 1. The van der Waals surface area contributed by atoms with E-state index in [0.717, 1.165) is 11.1 Å². The van der Waals surface area contributed by atoms with Gasteiger partial charge in [-0.2, -0.15) is 0 Å². The maximum atomic E-state index is 11.9. The van der Waals surface area contributed by atoms with E-state index in [9.17, 15) is 14.7 Å². The van der Waals surface area contributed by atoms with Gasteiger partial charge in [-0.1, -0.05) is 60.7 Å². The van der Waals surface area contributed by atoms with Gasteiger partial charge in [-0.3, -0.25) is 9.59 Å². The predicted octanol–water partition coefficient (Wildman–Crippen LogP) is 3.45. The molecule has 0 heterocycles. The molecule has 2 rings (SSSR count). The first kappa shape index (κ1) is 16.7. The van der Waals surface area contributed by atoms with Crippen LogP contribution >= 0.6 is 0 Å². The SMILES string of the molecule is O=C(C[C@@H](CCc1ccccc1)C(=O)O)OCc1ccccc1. The Morgan fingerprint density at radius 2 is 1.48 bits per heavy atom. The van der Waals surface area contributed by atoms with Crippen LogP contribution in [-0.2, 0) is 27.4 Å². The van der Waals surface area contributed by atoms with Gasteiger partial charge in [0, 0.05) is 0 Å². The highest BCUT2D eigenvalue weighted by molar-refractivity contribution is 5.78. The molecule has 2 aromatic carbocycles. The lowest BCUT2D eigenvalue weighted by molar-refractivity contribution is -0.152. The van der Waals surface area contributed by atoms with Crippen LogP contribution in [-0.4, -0.2) is 17.0 Å². The van der Waals surface area contributed by atoms with Crippen LogP contribution in [0.5, 0.6) is 0 Å². The second kappa shape index (κ2) is 8.73. The molecule has 23 heavy (non-hydrogen) atoms. The molecule has 0 unspecified atom stereocenters. The van der Waals surface area contributed by atoms with Crippen molar-refractivity contribution in [2.24, 2.45) is 5.92 Å². The highest BCUT2D eigenvalue weighted by Gasteiger charge is 2.22. The van der Waals surface area contributed by atoms with Crippen LogP contribution in [0, 0.1) is 5.92 Å². The molecule has 1 N–H and O–H groups in total. The average molecular weight is 312 g/mol. The number of aryl methyl sites for hydroxylation is 1. The summed E-state index contributed by atoms with van der Waals surface area (Å²) in [4.78, 5) is 23.2. The molecule has 0 aliphatic carbocycles. The quantitative estimate of drug-likeness (QED) is 0.758. The Hall–Kier alpha value is -2.62. The molecule has 0 saturated heterocycles. The number of carbonyl (C=O) groups is 2.